The van der Waals surface area contributed by atoms with Gasteiger partial charge >= 0.3 is 0 Å². The first-order chi connectivity index (χ1) is 7.75. The number of aromatic nitrogens is 2. The second-order valence-electron chi connectivity index (χ2n) is 4.15. The van der Waals surface area contributed by atoms with Crippen molar-refractivity contribution in [3.8, 4) is 0 Å². The molecule has 0 unspecified atom stereocenters. The summed E-state index contributed by atoms with van der Waals surface area (Å²) in [5.74, 6) is 1.01. The Hall–Kier alpha value is -1.65. The number of piperidine rings is 1. The van der Waals surface area contributed by atoms with Gasteiger partial charge in [0.2, 0.25) is 11.9 Å². The Labute approximate surface area is 94.7 Å². The molecule has 0 saturated carbocycles. The highest BCUT2D eigenvalue weighted by Crippen LogP contribution is 2.22. The molecule has 86 valence electrons. The van der Waals surface area contributed by atoms with Crippen LogP contribution in [0, 0.1) is 5.92 Å². The van der Waals surface area contributed by atoms with Gasteiger partial charge in [-0.15, -0.1) is 0 Å². The van der Waals surface area contributed by atoms with Crippen LogP contribution in [0.1, 0.15) is 19.3 Å². The largest absolute Gasteiger partial charge is 0.370 e. The normalized spacial score (nSPS) is 17.4. The van der Waals surface area contributed by atoms with Crippen molar-refractivity contribution in [2.45, 2.75) is 19.3 Å². The number of nitrogens with two attached hydrogens (primary N) is 1. The van der Waals surface area contributed by atoms with Crippen LogP contribution in [0.25, 0.3) is 0 Å². The lowest BCUT2D eigenvalue weighted by atomic mass is 9.93. The number of amides is 1. The van der Waals surface area contributed by atoms with Crippen molar-refractivity contribution < 1.29 is 4.79 Å². The van der Waals surface area contributed by atoms with Crippen LogP contribution in [0.15, 0.2) is 18.5 Å². The van der Waals surface area contributed by atoms with Gasteiger partial charge in [-0.3, -0.25) is 4.79 Å². The Morgan fingerprint density at radius 2 is 2.00 bits per heavy atom. The van der Waals surface area contributed by atoms with Crippen LogP contribution in [0.3, 0.4) is 0 Å². The molecule has 1 aromatic rings. The van der Waals surface area contributed by atoms with E-state index in [9.17, 15) is 4.79 Å². The van der Waals surface area contributed by atoms with Crippen LogP contribution in [-0.2, 0) is 4.79 Å². The molecule has 1 saturated heterocycles. The molecule has 5 nitrogen and oxygen atoms in total. The van der Waals surface area contributed by atoms with Gasteiger partial charge in [-0.05, 0) is 24.8 Å². The zero-order valence-electron chi connectivity index (χ0n) is 9.17. The molecule has 1 amide bonds. The molecule has 0 atom stereocenters. The Bertz CT molecular complexity index is 346. The summed E-state index contributed by atoms with van der Waals surface area (Å²) >= 11 is 0. The highest BCUT2D eigenvalue weighted by molar-refractivity contribution is 5.74. The van der Waals surface area contributed by atoms with Crippen molar-refractivity contribution in [1.82, 2.24) is 9.97 Å². The van der Waals surface area contributed by atoms with E-state index in [-0.39, 0.29) is 5.91 Å². The molecule has 1 aromatic heterocycles. The summed E-state index contributed by atoms with van der Waals surface area (Å²) in [7, 11) is 0. The highest BCUT2D eigenvalue weighted by atomic mass is 16.1. The van der Waals surface area contributed by atoms with Crippen LogP contribution in [0.5, 0.6) is 0 Å². The van der Waals surface area contributed by atoms with Gasteiger partial charge in [-0.1, -0.05) is 0 Å². The molecule has 2 rings (SSSR count). The number of anilines is 1. The van der Waals surface area contributed by atoms with Crippen molar-refractivity contribution >= 4 is 11.9 Å². The monoisotopic (exact) mass is 220 g/mol. The second-order valence-corrected chi connectivity index (χ2v) is 4.15. The standard InChI is InChI=1S/C11H16N4O/c12-10(16)8-9-2-6-15(7-3-9)11-13-4-1-5-14-11/h1,4-5,9H,2-3,6-8H2,(H2,12,16). The first kappa shape index (κ1) is 10.9. The van der Waals surface area contributed by atoms with Gasteiger partial charge in [-0.25, -0.2) is 9.97 Å². The molecular formula is C11H16N4O. The molecule has 1 fully saturated rings. The number of nitrogens with zero attached hydrogens (tertiary/aromatic N) is 3. The summed E-state index contributed by atoms with van der Waals surface area (Å²) in [6.07, 6.45) is 5.97. The van der Waals surface area contributed by atoms with Crippen LogP contribution in [-0.4, -0.2) is 29.0 Å². The van der Waals surface area contributed by atoms with Gasteiger partial charge in [0.1, 0.15) is 0 Å². The zero-order valence-corrected chi connectivity index (χ0v) is 9.17. The van der Waals surface area contributed by atoms with Crippen LogP contribution >= 0.6 is 0 Å². The van der Waals surface area contributed by atoms with E-state index in [0.29, 0.717) is 12.3 Å². The summed E-state index contributed by atoms with van der Waals surface area (Å²) < 4.78 is 0. The fraction of sp³-hybridized carbons (Fsp3) is 0.545. The minimum atomic E-state index is -0.200. The van der Waals surface area contributed by atoms with Crippen LogP contribution < -0.4 is 10.6 Å². The van der Waals surface area contributed by atoms with Crippen molar-refractivity contribution in [2.75, 3.05) is 18.0 Å². The quantitative estimate of drug-likeness (QED) is 0.808. The third-order valence-electron chi connectivity index (χ3n) is 2.94. The van der Waals surface area contributed by atoms with Gasteiger partial charge in [0.25, 0.3) is 0 Å². The molecule has 0 radical (unpaired) electrons. The Kier molecular flexibility index (Phi) is 3.34. The predicted molar refractivity (Wildman–Crippen MR) is 60.8 cm³/mol. The minimum Gasteiger partial charge on any atom is -0.370 e. The molecule has 1 aliphatic rings. The van der Waals surface area contributed by atoms with Crippen LogP contribution in [0.2, 0.25) is 0 Å². The first-order valence-corrected chi connectivity index (χ1v) is 5.56. The third-order valence-corrected chi connectivity index (χ3v) is 2.94. The van der Waals surface area contributed by atoms with E-state index < -0.39 is 0 Å². The fourth-order valence-corrected chi connectivity index (χ4v) is 2.08. The van der Waals surface area contributed by atoms with Gasteiger partial charge in [0.15, 0.2) is 0 Å². The molecule has 16 heavy (non-hydrogen) atoms. The Balaban J connectivity index is 1.88. The van der Waals surface area contributed by atoms with E-state index in [2.05, 4.69) is 14.9 Å². The lowest BCUT2D eigenvalue weighted by Crippen LogP contribution is -2.36. The maximum Gasteiger partial charge on any atom is 0.225 e. The molecule has 2 heterocycles. The summed E-state index contributed by atoms with van der Waals surface area (Å²) in [6, 6.07) is 1.81. The lowest BCUT2D eigenvalue weighted by Gasteiger charge is -2.31. The fourth-order valence-electron chi connectivity index (χ4n) is 2.08. The van der Waals surface area contributed by atoms with Crippen molar-refractivity contribution in [3.05, 3.63) is 18.5 Å². The number of primary amides is 1. The molecule has 1 aliphatic heterocycles. The summed E-state index contributed by atoms with van der Waals surface area (Å²) in [6.45, 7) is 1.81. The average Bonchev–Trinajstić information content (AvgIpc) is 2.30. The number of rotatable bonds is 3. The third kappa shape index (κ3) is 2.68. The SMILES string of the molecule is NC(=O)CC1CCN(c2ncccn2)CC1. The molecule has 0 bridgehead atoms. The summed E-state index contributed by atoms with van der Waals surface area (Å²) in [5, 5.41) is 0. The predicted octanol–water partition coefficient (Wildman–Crippen LogP) is 0.568. The second kappa shape index (κ2) is 4.92. The van der Waals surface area contributed by atoms with Gasteiger partial charge in [0, 0.05) is 31.9 Å². The molecule has 5 heteroatoms. The van der Waals surface area contributed by atoms with E-state index in [1.165, 1.54) is 0 Å². The Morgan fingerprint density at radius 1 is 1.38 bits per heavy atom. The zero-order chi connectivity index (χ0) is 11.4. The van der Waals surface area contributed by atoms with Gasteiger partial charge in [-0.2, -0.15) is 0 Å². The number of hydrogen-bond donors (Lipinski definition) is 1. The molecular weight excluding hydrogens is 204 g/mol. The van der Waals surface area contributed by atoms with Crippen molar-refractivity contribution in [2.24, 2.45) is 11.7 Å². The van der Waals surface area contributed by atoms with E-state index in [0.717, 1.165) is 31.9 Å². The first-order valence-electron chi connectivity index (χ1n) is 5.56. The lowest BCUT2D eigenvalue weighted by molar-refractivity contribution is -0.119. The summed E-state index contributed by atoms with van der Waals surface area (Å²) in [4.78, 5) is 21.4. The number of carbonyl (C=O) groups excluding carboxylic acids is 1. The van der Waals surface area contributed by atoms with E-state index >= 15 is 0 Å². The smallest absolute Gasteiger partial charge is 0.225 e. The van der Waals surface area contributed by atoms with Crippen molar-refractivity contribution in [1.29, 1.82) is 0 Å². The molecule has 0 spiro atoms. The van der Waals surface area contributed by atoms with Crippen LogP contribution in [0.4, 0.5) is 5.95 Å². The highest BCUT2D eigenvalue weighted by Gasteiger charge is 2.21. The number of carbonyl (C=O) groups is 1. The number of hydrogen-bond acceptors (Lipinski definition) is 4. The molecule has 2 N–H and O–H groups in total. The summed E-state index contributed by atoms with van der Waals surface area (Å²) in [5.41, 5.74) is 5.19. The topological polar surface area (TPSA) is 72.1 Å². The average molecular weight is 220 g/mol. The van der Waals surface area contributed by atoms with E-state index in [1.54, 1.807) is 12.4 Å². The van der Waals surface area contributed by atoms with E-state index in [4.69, 9.17) is 5.73 Å². The van der Waals surface area contributed by atoms with Gasteiger partial charge < -0.3 is 10.6 Å². The van der Waals surface area contributed by atoms with Crippen molar-refractivity contribution in [3.63, 3.8) is 0 Å². The maximum absolute atomic E-state index is 10.8. The molecule has 0 aliphatic carbocycles. The Morgan fingerprint density at radius 3 is 2.56 bits per heavy atom. The minimum absolute atomic E-state index is 0.200. The van der Waals surface area contributed by atoms with E-state index in [1.807, 2.05) is 6.07 Å². The van der Waals surface area contributed by atoms with Gasteiger partial charge in [0.05, 0.1) is 0 Å². The maximum atomic E-state index is 10.8. The molecule has 0 aromatic carbocycles.